The zero-order chi connectivity index (χ0) is 17.0. The first kappa shape index (κ1) is 17.4. The van der Waals surface area contributed by atoms with Crippen molar-refractivity contribution in [1.82, 2.24) is 10.2 Å². The first-order chi connectivity index (χ1) is 10.8. The number of carbonyl (C=O) groups is 2. The Hall–Kier alpha value is -1.92. The number of nitrogens with zero attached hydrogens (tertiary/aromatic N) is 1. The van der Waals surface area contributed by atoms with Gasteiger partial charge in [0.15, 0.2) is 0 Å². The SMILES string of the molecule is CC(C)(C)N1C[C@@H](O)C[C@H]1C(=O)NC(=O)OCc1ccccc1. The zero-order valence-electron chi connectivity index (χ0n) is 13.8. The van der Waals surface area contributed by atoms with Gasteiger partial charge in [0, 0.05) is 12.1 Å². The highest BCUT2D eigenvalue weighted by Gasteiger charge is 2.41. The summed E-state index contributed by atoms with van der Waals surface area (Å²) in [4.78, 5) is 26.0. The smallest absolute Gasteiger partial charge is 0.414 e. The van der Waals surface area contributed by atoms with Crippen LogP contribution in [0, 0.1) is 0 Å². The van der Waals surface area contributed by atoms with Crippen LogP contribution in [-0.2, 0) is 16.1 Å². The van der Waals surface area contributed by atoms with Crippen LogP contribution in [0.3, 0.4) is 0 Å². The van der Waals surface area contributed by atoms with E-state index in [1.54, 1.807) is 0 Å². The minimum absolute atomic E-state index is 0.107. The Labute approximate surface area is 136 Å². The molecule has 2 N–H and O–H groups in total. The maximum absolute atomic E-state index is 12.3. The Balaban J connectivity index is 1.89. The summed E-state index contributed by atoms with van der Waals surface area (Å²) in [6.07, 6.45) is -1.02. The van der Waals surface area contributed by atoms with Gasteiger partial charge in [-0.15, -0.1) is 0 Å². The molecule has 0 unspecified atom stereocenters. The van der Waals surface area contributed by atoms with E-state index in [0.717, 1.165) is 5.56 Å². The van der Waals surface area contributed by atoms with E-state index in [-0.39, 0.29) is 12.1 Å². The molecule has 1 aromatic carbocycles. The zero-order valence-corrected chi connectivity index (χ0v) is 13.8. The number of rotatable bonds is 3. The van der Waals surface area contributed by atoms with Crippen LogP contribution in [0.4, 0.5) is 4.79 Å². The lowest BCUT2D eigenvalue weighted by Crippen LogP contribution is -2.52. The van der Waals surface area contributed by atoms with Gasteiger partial charge in [0.05, 0.1) is 12.1 Å². The van der Waals surface area contributed by atoms with E-state index < -0.39 is 24.1 Å². The minimum Gasteiger partial charge on any atom is -0.444 e. The van der Waals surface area contributed by atoms with Crippen LogP contribution >= 0.6 is 0 Å². The third-order valence-corrected chi connectivity index (χ3v) is 3.88. The van der Waals surface area contributed by atoms with Gasteiger partial charge in [0.25, 0.3) is 0 Å². The second-order valence-corrected chi connectivity index (χ2v) is 6.78. The molecule has 1 fully saturated rings. The molecule has 23 heavy (non-hydrogen) atoms. The van der Waals surface area contributed by atoms with E-state index >= 15 is 0 Å². The van der Waals surface area contributed by atoms with Gasteiger partial charge >= 0.3 is 6.09 Å². The number of aliphatic hydroxyl groups is 1. The molecule has 1 saturated heterocycles. The molecule has 1 aliphatic heterocycles. The lowest BCUT2D eigenvalue weighted by atomic mass is 10.0. The van der Waals surface area contributed by atoms with Gasteiger partial charge in [-0.25, -0.2) is 4.79 Å². The van der Waals surface area contributed by atoms with E-state index in [9.17, 15) is 14.7 Å². The van der Waals surface area contributed by atoms with E-state index in [4.69, 9.17) is 4.74 Å². The molecule has 1 aliphatic rings. The van der Waals surface area contributed by atoms with Gasteiger partial charge in [-0.2, -0.15) is 0 Å². The molecule has 2 atom stereocenters. The van der Waals surface area contributed by atoms with Crippen molar-refractivity contribution in [2.45, 2.75) is 51.5 Å². The molecule has 0 spiro atoms. The predicted molar refractivity (Wildman–Crippen MR) is 85.6 cm³/mol. The number of ether oxygens (including phenoxy) is 1. The number of hydrogen-bond donors (Lipinski definition) is 2. The molecule has 6 nitrogen and oxygen atoms in total. The van der Waals surface area contributed by atoms with Crippen molar-refractivity contribution < 1.29 is 19.4 Å². The van der Waals surface area contributed by atoms with Crippen molar-refractivity contribution >= 4 is 12.0 Å². The Bertz CT molecular complexity index is 553. The average Bonchev–Trinajstić information content (AvgIpc) is 2.88. The summed E-state index contributed by atoms with van der Waals surface area (Å²) < 4.78 is 5.05. The Morgan fingerprint density at radius 2 is 1.96 bits per heavy atom. The summed E-state index contributed by atoms with van der Waals surface area (Å²) in [6, 6.07) is 8.72. The number of benzene rings is 1. The summed E-state index contributed by atoms with van der Waals surface area (Å²) in [7, 11) is 0. The van der Waals surface area contributed by atoms with E-state index in [1.807, 2.05) is 56.0 Å². The number of aliphatic hydroxyl groups excluding tert-OH is 1. The molecule has 0 aliphatic carbocycles. The number of nitrogens with one attached hydrogen (secondary N) is 1. The second-order valence-electron chi connectivity index (χ2n) is 6.78. The number of alkyl carbamates (subject to hydrolysis) is 1. The highest BCUT2D eigenvalue weighted by atomic mass is 16.5. The fraction of sp³-hybridized carbons (Fsp3) is 0.529. The number of carbonyl (C=O) groups excluding carboxylic acids is 2. The largest absolute Gasteiger partial charge is 0.444 e. The highest BCUT2D eigenvalue weighted by Crippen LogP contribution is 2.26. The summed E-state index contributed by atoms with van der Waals surface area (Å²) >= 11 is 0. The van der Waals surface area contributed by atoms with Crippen LogP contribution in [0.5, 0.6) is 0 Å². The molecule has 0 aromatic heterocycles. The first-order valence-electron chi connectivity index (χ1n) is 7.73. The maximum atomic E-state index is 12.3. The molecule has 0 saturated carbocycles. The summed E-state index contributed by atoms with van der Waals surface area (Å²) in [5.41, 5.74) is 0.579. The number of hydrogen-bond acceptors (Lipinski definition) is 5. The van der Waals surface area contributed by atoms with Gasteiger partial charge in [-0.3, -0.25) is 15.0 Å². The Kier molecular flexibility index (Phi) is 5.38. The maximum Gasteiger partial charge on any atom is 0.414 e. The molecular formula is C17H24N2O4. The molecule has 2 rings (SSSR count). The van der Waals surface area contributed by atoms with E-state index in [2.05, 4.69) is 5.32 Å². The lowest BCUT2D eigenvalue weighted by molar-refractivity contribution is -0.126. The molecule has 6 heteroatoms. The third kappa shape index (κ3) is 4.77. The van der Waals surface area contributed by atoms with Crippen molar-refractivity contribution in [3.63, 3.8) is 0 Å². The molecule has 1 aromatic rings. The van der Waals surface area contributed by atoms with Gasteiger partial charge in [-0.1, -0.05) is 30.3 Å². The van der Waals surface area contributed by atoms with Crippen LogP contribution < -0.4 is 5.32 Å². The second kappa shape index (κ2) is 7.10. The van der Waals surface area contributed by atoms with Gasteiger partial charge in [0.2, 0.25) is 5.91 Å². The van der Waals surface area contributed by atoms with Gasteiger partial charge < -0.3 is 9.84 Å². The van der Waals surface area contributed by atoms with E-state index in [1.165, 1.54) is 0 Å². The monoisotopic (exact) mass is 320 g/mol. The van der Waals surface area contributed by atoms with Gasteiger partial charge in [0.1, 0.15) is 6.61 Å². The van der Waals surface area contributed by atoms with Crippen LogP contribution in [0.2, 0.25) is 0 Å². The van der Waals surface area contributed by atoms with E-state index in [0.29, 0.717) is 13.0 Å². The third-order valence-electron chi connectivity index (χ3n) is 3.88. The van der Waals surface area contributed by atoms with Crippen LogP contribution in [0.15, 0.2) is 30.3 Å². The van der Waals surface area contributed by atoms with Crippen molar-refractivity contribution in [2.75, 3.05) is 6.54 Å². The summed E-state index contributed by atoms with van der Waals surface area (Å²) in [5.74, 6) is -0.436. The van der Waals surface area contributed by atoms with Crippen LogP contribution in [0.25, 0.3) is 0 Å². The fourth-order valence-corrected chi connectivity index (χ4v) is 2.75. The normalized spacial score (nSPS) is 21.9. The fourth-order valence-electron chi connectivity index (χ4n) is 2.75. The van der Waals surface area contributed by atoms with Crippen LogP contribution in [-0.4, -0.2) is 46.2 Å². The predicted octanol–water partition coefficient (Wildman–Crippen LogP) is 1.67. The molecular weight excluding hydrogens is 296 g/mol. The molecule has 126 valence electrons. The van der Waals surface area contributed by atoms with Crippen molar-refractivity contribution in [3.8, 4) is 0 Å². The Morgan fingerprint density at radius 3 is 2.57 bits per heavy atom. The minimum atomic E-state index is -0.769. The highest BCUT2D eigenvalue weighted by molar-refractivity contribution is 5.95. The number of likely N-dealkylation sites (tertiary alicyclic amines) is 1. The first-order valence-corrected chi connectivity index (χ1v) is 7.73. The molecule has 2 amide bonds. The number of β-amino-alcohol motifs (C(OH)–C–C–N with tert-alkyl or cyclic N) is 1. The Morgan fingerprint density at radius 1 is 1.30 bits per heavy atom. The topological polar surface area (TPSA) is 78.9 Å². The molecule has 0 radical (unpaired) electrons. The van der Waals surface area contributed by atoms with Crippen molar-refractivity contribution in [3.05, 3.63) is 35.9 Å². The summed E-state index contributed by atoms with van der Waals surface area (Å²) in [5, 5.41) is 12.1. The van der Waals surface area contributed by atoms with Crippen molar-refractivity contribution in [2.24, 2.45) is 0 Å². The quantitative estimate of drug-likeness (QED) is 0.886. The molecule has 0 bridgehead atoms. The van der Waals surface area contributed by atoms with Crippen molar-refractivity contribution in [1.29, 1.82) is 0 Å². The standard InChI is InChI=1S/C17H24N2O4/c1-17(2,3)19-10-13(20)9-14(19)15(21)18-16(22)23-11-12-7-5-4-6-8-12/h4-8,13-14,20H,9-11H2,1-3H3,(H,18,21,22)/t13-,14-/m0/s1. The number of amides is 2. The van der Waals surface area contributed by atoms with Crippen LogP contribution in [0.1, 0.15) is 32.8 Å². The summed E-state index contributed by atoms with van der Waals surface area (Å²) in [6.45, 7) is 6.44. The van der Waals surface area contributed by atoms with Gasteiger partial charge in [-0.05, 0) is 32.8 Å². The average molecular weight is 320 g/mol. The molecule has 1 heterocycles. The lowest BCUT2D eigenvalue weighted by Gasteiger charge is -2.35. The number of imide groups is 1.